The van der Waals surface area contributed by atoms with Gasteiger partial charge in [0, 0.05) is 18.5 Å². The van der Waals surface area contributed by atoms with Crippen LogP contribution in [0.4, 0.5) is 4.39 Å². The van der Waals surface area contributed by atoms with Crippen LogP contribution in [-0.4, -0.2) is 22.2 Å². The van der Waals surface area contributed by atoms with Crippen LogP contribution < -0.4 is 10.1 Å². The van der Waals surface area contributed by atoms with E-state index in [1.807, 2.05) is 0 Å². The third-order valence-electron chi connectivity index (χ3n) is 4.74. The molecule has 24 heavy (non-hydrogen) atoms. The molecule has 7 heteroatoms. The second kappa shape index (κ2) is 7.49. The van der Waals surface area contributed by atoms with Gasteiger partial charge in [-0.05, 0) is 43.7 Å². The first-order chi connectivity index (χ1) is 11.3. The molecule has 2 aliphatic rings. The number of nitrogens with one attached hydrogen (secondary N) is 1. The molecule has 1 N–H and O–H groups in total. The molecule has 0 saturated carbocycles. The molecule has 1 aromatic heterocycles. The van der Waals surface area contributed by atoms with Gasteiger partial charge in [-0.1, -0.05) is 17.3 Å². The highest BCUT2D eigenvalue weighted by atomic mass is 35.5. The molecule has 4 rings (SSSR count). The molecule has 2 saturated heterocycles. The Morgan fingerprint density at radius 1 is 1.21 bits per heavy atom. The molecule has 2 fully saturated rings. The normalized spacial score (nSPS) is 25.3. The molecular weight excluding hydrogens is 333 g/mol. The fourth-order valence-electron chi connectivity index (χ4n) is 3.72. The summed E-state index contributed by atoms with van der Waals surface area (Å²) >= 11 is 0. The van der Waals surface area contributed by atoms with Gasteiger partial charge in [-0.3, -0.25) is 0 Å². The lowest BCUT2D eigenvalue weighted by Gasteiger charge is -2.27. The molecular formula is C17H21ClFN3O2. The van der Waals surface area contributed by atoms with Crippen LogP contribution in [0.2, 0.25) is 0 Å². The van der Waals surface area contributed by atoms with Crippen molar-refractivity contribution < 1.29 is 13.7 Å². The second-order valence-electron chi connectivity index (χ2n) is 6.50. The van der Waals surface area contributed by atoms with Crippen LogP contribution in [0, 0.1) is 11.7 Å². The van der Waals surface area contributed by atoms with Crippen LogP contribution in [0.1, 0.15) is 37.4 Å². The Kier molecular flexibility index (Phi) is 5.36. The Bertz CT molecular complexity index is 669. The number of para-hydroxylation sites is 1. The number of aromatic nitrogens is 2. The van der Waals surface area contributed by atoms with Crippen molar-refractivity contribution in [1.82, 2.24) is 15.5 Å². The molecule has 0 amide bonds. The lowest BCUT2D eigenvalue weighted by molar-refractivity contribution is 0.263. The average molecular weight is 354 g/mol. The van der Waals surface area contributed by atoms with Crippen molar-refractivity contribution in [2.24, 2.45) is 5.92 Å². The molecule has 0 spiro atoms. The summed E-state index contributed by atoms with van der Waals surface area (Å²) in [5, 5.41) is 7.56. The second-order valence-corrected chi connectivity index (χ2v) is 6.50. The molecule has 2 bridgehead atoms. The first-order valence-electron chi connectivity index (χ1n) is 8.21. The lowest BCUT2D eigenvalue weighted by Crippen LogP contribution is -2.38. The van der Waals surface area contributed by atoms with Crippen molar-refractivity contribution >= 4 is 12.4 Å². The molecule has 2 atom stereocenters. The van der Waals surface area contributed by atoms with E-state index in [1.54, 1.807) is 18.2 Å². The molecule has 0 radical (unpaired) electrons. The molecule has 2 aromatic rings. The maximum Gasteiger partial charge on any atom is 0.227 e. The third-order valence-corrected chi connectivity index (χ3v) is 4.74. The van der Waals surface area contributed by atoms with Gasteiger partial charge in [-0.15, -0.1) is 12.4 Å². The first-order valence-corrected chi connectivity index (χ1v) is 8.21. The third kappa shape index (κ3) is 3.87. The van der Waals surface area contributed by atoms with E-state index in [0.717, 1.165) is 6.42 Å². The zero-order valence-corrected chi connectivity index (χ0v) is 14.1. The van der Waals surface area contributed by atoms with Crippen LogP contribution in [0.5, 0.6) is 5.75 Å². The summed E-state index contributed by atoms with van der Waals surface area (Å²) in [5.74, 6) is 1.54. The van der Waals surface area contributed by atoms with E-state index in [9.17, 15) is 4.39 Å². The first kappa shape index (κ1) is 17.2. The summed E-state index contributed by atoms with van der Waals surface area (Å²) in [6.45, 7) is 0.113. The number of hydrogen-bond donors (Lipinski definition) is 1. The number of hydrogen-bond acceptors (Lipinski definition) is 5. The van der Waals surface area contributed by atoms with Gasteiger partial charge >= 0.3 is 0 Å². The minimum Gasteiger partial charge on any atom is -0.482 e. The van der Waals surface area contributed by atoms with Gasteiger partial charge in [0.25, 0.3) is 0 Å². The largest absolute Gasteiger partial charge is 0.482 e. The summed E-state index contributed by atoms with van der Waals surface area (Å²) < 4.78 is 24.2. The molecule has 5 nitrogen and oxygen atoms in total. The Morgan fingerprint density at radius 3 is 2.71 bits per heavy atom. The van der Waals surface area contributed by atoms with Crippen LogP contribution >= 0.6 is 12.4 Å². The number of piperidine rings is 1. The van der Waals surface area contributed by atoms with E-state index in [2.05, 4.69) is 15.5 Å². The topological polar surface area (TPSA) is 60.2 Å². The van der Waals surface area contributed by atoms with E-state index >= 15 is 0 Å². The number of ether oxygens (including phenoxy) is 1. The highest BCUT2D eigenvalue weighted by Crippen LogP contribution is 2.32. The number of rotatable bonds is 5. The van der Waals surface area contributed by atoms with Crippen LogP contribution in [0.3, 0.4) is 0 Å². The van der Waals surface area contributed by atoms with E-state index < -0.39 is 0 Å². The van der Waals surface area contributed by atoms with Crippen molar-refractivity contribution in [3.05, 3.63) is 41.8 Å². The van der Waals surface area contributed by atoms with E-state index in [-0.39, 0.29) is 30.6 Å². The average Bonchev–Trinajstić information content (AvgIpc) is 3.13. The van der Waals surface area contributed by atoms with Crippen LogP contribution in [-0.2, 0) is 13.0 Å². The Labute approximate surface area is 146 Å². The predicted octanol–water partition coefficient (Wildman–Crippen LogP) is 3.28. The lowest BCUT2D eigenvalue weighted by atomic mass is 9.90. The number of fused-ring (bicyclic) bond motifs is 2. The van der Waals surface area contributed by atoms with Gasteiger partial charge in [0.1, 0.15) is 0 Å². The fourth-order valence-corrected chi connectivity index (χ4v) is 3.72. The van der Waals surface area contributed by atoms with Gasteiger partial charge in [-0.2, -0.15) is 4.98 Å². The summed E-state index contributed by atoms with van der Waals surface area (Å²) in [5.41, 5.74) is 0. The smallest absolute Gasteiger partial charge is 0.227 e. The minimum absolute atomic E-state index is 0. The molecule has 2 unspecified atom stereocenters. The van der Waals surface area contributed by atoms with E-state index in [1.165, 1.54) is 31.7 Å². The van der Waals surface area contributed by atoms with Gasteiger partial charge in [0.05, 0.1) is 0 Å². The molecule has 3 heterocycles. The van der Waals surface area contributed by atoms with Gasteiger partial charge in [0.2, 0.25) is 11.7 Å². The number of halogens is 2. The molecule has 2 aliphatic heterocycles. The zero-order valence-electron chi connectivity index (χ0n) is 13.3. The van der Waals surface area contributed by atoms with Crippen molar-refractivity contribution in [2.45, 2.75) is 50.8 Å². The number of nitrogens with zero attached hydrogens (tertiary/aromatic N) is 2. The Hall–Kier alpha value is -1.66. The Balaban J connectivity index is 0.00000169. The van der Waals surface area contributed by atoms with Crippen molar-refractivity contribution in [1.29, 1.82) is 0 Å². The summed E-state index contributed by atoms with van der Waals surface area (Å²) in [7, 11) is 0. The highest BCUT2D eigenvalue weighted by Gasteiger charge is 2.34. The Morgan fingerprint density at radius 2 is 1.96 bits per heavy atom. The summed E-state index contributed by atoms with van der Waals surface area (Å²) in [6.07, 6.45) is 5.75. The zero-order chi connectivity index (χ0) is 15.6. The fraction of sp³-hybridized carbons (Fsp3) is 0.529. The molecule has 130 valence electrons. The van der Waals surface area contributed by atoms with Gasteiger partial charge < -0.3 is 14.6 Å². The maximum atomic E-state index is 13.5. The van der Waals surface area contributed by atoms with E-state index in [0.29, 0.717) is 29.7 Å². The highest BCUT2D eigenvalue weighted by molar-refractivity contribution is 5.85. The maximum absolute atomic E-state index is 13.5. The molecule has 0 aliphatic carbocycles. The van der Waals surface area contributed by atoms with Gasteiger partial charge in [-0.25, -0.2) is 4.39 Å². The molecule has 1 aromatic carbocycles. The summed E-state index contributed by atoms with van der Waals surface area (Å²) in [4.78, 5) is 4.37. The minimum atomic E-state index is -0.388. The van der Waals surface area contributed by atoms with Crippen LogP contribution in [0.15, 0.2) is 28.8 Å². The summed E-state index contributed by atoms with van der Waals surface area (Å²) in [6, 6.07) is 7.62. The monoisotopic (exact) mass is 353 g/mol. The quantitative estimate of drug-likeness (QED) is 0.893. The standard InChI is InChI=1S/C17H20FN3O2.ClH/c18-14-3-1-2-4-15(14)22-10-16-20-17(23-21-16)9-11-7-12-5-6-13(8-11)19-12;/h1-4,11-13,19H,5-10H2;1H. The van der Waals surface area contributed by atoms with Gasteiger partial charge in [0.15, 0.2) is 18.2 Å². The predicted molar refractivity (Wildman–Crippen MR) is 88.7 cm³/mol. The SMILES string of the molecule is Cl.Fc1ccccc1OCc1noc(CC2CC3CCC(C2)N3)n1. The number of benzene rings is 1. The van der Waals surface area contributed by atoms with Crippen molar-refractivity contribution in [2.75, 3.05) is 0 Å². The van der Waals surface area contributed by atoms with E-state index in [4.69, 9.17) is 9.26 Å². The van der Waals surface area contributed by atoms with Crippen LogP contribution in [0.25, 0.3) is 0 Å². The van der Waals surface area contributed by atoms with Crippen molar-refractivity contribution in [3.63, 3.8) is 0 Å². The van der Waals surface area contributed by atoms with Crippen molar-refractivity contribution in [3.8, 4) is 5.75 Å².